The molecule has 0 spiro atoms. The zero-order valence-electron chi connectivity index (χ0n) is 5.65. The minimum absolute atomic E-state index is 0.421. The smallest absolute Gasteiger partial charge is 0.0962 e. The Morgan fingerprint density at radius 1 is 1.33 bits per heavy atom. The summed E-state index contributed by atoms with van der Waals surface area (Å²) in [6.07, 6.45) is 0.725. The Hall–Kier alpha value is 0.620. The lowest BCUT2D eigenvalue weighted by Gasteiger charge is -1.89. The third kappa shape index (κ3) is 55.0. The molecule has 2 N–H and O–H groups in total. The van der Waals surface area contributed by atoms with Crippen LogP contribution in [-0.2, 0) is 0 Å². The van der Waals surface area contributed by atoms with E-state index in [0.29, 0.717) is 0 Å². The van der Waals surface area contributed by atoms with E-state index in [1.165, 1.54) is 0 Å². The van der Waals surface area contributed by atoms with Gasteiger partial charge < -0.3 is 10.2 Å². The van der Waals surface area contributed by atoms with Crippen LogP contribution in [0, 0.1) is 0 Å². The highest BCUT2D eigenvalue weighted by Crippen LogP contribution is 1.90. The van der Waals surface area contributed by atoms with E-state index >= 15 is 0 Å². The zero-order valence-corrected chi connectivity index (χ0v) is 7.44. The van der Waals surface area contributed by atoms with E-state index in [0.717, 1.165) is 6.42 Å². The van der Waals surface area contributed by atoms with Crippen LogP contribution in [0.25, 0.3) is 0 Å². The molecule has 0 aliphatic carbocycles. The molecular formula is C5H14O2S2. The van der Waals surface area contributed by atoms with Gasteiger partial charge in [0.25, 0.3) is 0 Å². The standard InChI is InChI=1S/C3H8OS.C2H6OS/c1-2-3(4)5;1-2(3)4/h3-5H,2H2,1H3;2-4H,1H3. The quantitative estimate of drug-likeness (QED) is 0.349. The molecule has 0 saturated heterocycles. The lowest BCUT2D eigenvalue weighted by atomic mass is 10.5. The molecule has 0 radical (unpaired) electrons. The van der Waals surface area contributed by atoms with Crippen LogP contribution in [-0.4, -0.2) is 21.1 Å². The Bertz CT molecular complexity index is 45.5. The largest absolute Gasteiger partial charge is 0.383 e. The van der Waals surface area contributed by atoms with Gasteiger partial charge in [-0.2, -0.15) is 0 Å². The highest BCUT2D eigenvalue weighted by Gasteiger charge is 1.82. The van der Waals surface area contributed by atoms with E-state index in [1.54, 1.807) is 6.92 Å². The summed E-state index contributed by atoms with van der Waals surface area (Å²) in [5, 5.41) is 16.1. The molecule has 0 fully saturated rings. The molecule has 0 heterocycles. The first-order chi connectivity index (χ1) is 4.00. The number of aliphatic hydroxyl groups excluding tert-OH is 2. The summed E-state index contributed by atoms with van der Waals surface area (Å²) in [5.41, 5.74) is -0.894. The number of thiol groups is 2. The number of aliphatic hydroxyl groups is 2. The average Bonchev–Trinajstić information content (AvgIpc) is 1.65. The maximum Gasteiger partial charge on any atom is 0.0962 e. The van der Waals surface area contributed by atoms with Gasteiger partial charge in [0, 0.05) is 0 Å². The molecule has 0 aromatic rings. The van der Waals surface area contributed by atoms with Crippen LogP contribution in [0.1, 0.15) is 20.3 Å². The van der Waals surface area contributed by atoms with Crippen molar-refractivity contribution in [3.63, 3.8) is 0 Å². The molecule has 0 amide bonds. The molecule has 0 aromatic carbocycles. The predicted molar refractivity (Wildman–Crippen MR) is 46.0 cm³/mol. The van der Waals surface area contributed by atoms with Crippen molar-refractivity contribution in [2.75, 3.05) is 0 Å². The molecule has 0 aromatic heterocycles. The van der Waals surface area contributed by atoms with Crippen LogP contribution in [0.15, 0.2) is 0 Å². The van der Waals surface area contributed by atoms with E-state index in [-0.39, 0.29) is 0 Å². The van der Waals surface area contributed by atoms with E-state index in [1.807, 2.05) is 6.92 Å². The SMILES string of the molecule is CC(O)S.CCC(O)S. The van der Waals surface area contributed by atoms with Gasteiger partial charge in [0.1, 0.15) is 0 Å². The van der Waals surface area contributed by atoms with Gasteiger partial charge in [0.05, 0.1) is 10.9 Å². The Morgan fingerprint density at radius 2 is 1.44 bits per heavy atom. The van der Waals surface area contributed by atoms with E-state index in [9.17, 15) is 0 Å². The maximum atomic E-state index is 8.23. The summed E-state index contributed by atoms with van der Waals surface area (Å²) < 4.78 is 0. The number of hydrogen-bond donors (Lipinski definition) is 4. The van der Waals surface area contributed by atoms with Crippen molar-refractivity contribution in [1.29, 1.82) is 0 Å². The fourth-order valence-electron chi connectivity index (χ4n) is 0. The summed E-state index contributed by atoms with van der Waals surface area (Å²) in [6.45, 7) is 3.46. The van der Waals surface area contributed by atoms with Crippen LogP contribution in [0.3, 0.4) is 0 Å². The molecule has 4 heteroatoms. The third-order valence-corrected chi connectivity index (χ3v) is 0.730. The Kier molecular flexibility index (Phi) is 11.8. The van der Waals surface area contributed by atoms with Gasteiger partial charge in [-0.1, -0.05) is 6.92 Å². The lowest BCUT2D eigenvalue weighted by molar-refractivity contribution is 0.261. The van der Waals surface area contributed by atoms with Crippen LogP contribution < -0.4 is 0 Å². The van der Waals surface area contributed by atoms with Crippen molar-refractivity contribution in [3.05, 3.63) is 0 Å². The number of rotatable bonds is 1. The molecular weight excluding hydrogens is 156 g/mol. The van der Waals surface area contributed by atoms with Crippen molar-refractivity contribution in [2.24, 2.45) is 0 Å². The van der Waals surface area contributed by atoms with Gasteiger partial charge in [0.2, 0.25) is 0 Å². The molecule has 0 saturated carbocycles. The maximum absolute atomic E-state index is 8.23. The summed E-state index contributed by atoms with van der Waals surface area (Å²) in [6, 6.07) is 0. The van der Waals surface area contributed by atoms with Crippen molar-refractivity contribution >= 4 is 25.3 Å². The summed E-state index contributed by atoms with van der Waals surface area (Å²) in [4.78, 5) is 0. The Morgan fingerprint density at radius 3 is 1.44 bits per heavy atom. The van der Waals surface area contributed by atoms with E-state index in [4.69, 9.17) is 10.2 Å². The van der Waals surface area contributed by atoms with Crippen LogP contribution in [0.5, 0.6) is 0 Å². The minimum atomic E-state index is -0.472. The molecule has 58 valence electrons. The molecule has 9 heavy (non-hydrogen) atoms. The van der Waals surface area contributed by atoms with Gasteiger partial charge in [-0.3, -0.25) is 0 Å². The fourth-order valence-corrected chi connectivity index (χ4v) is 0. The van der Waals surface area contributed by atoms with Gasteiger partial charge in [-0.25, -0.2) is 0 Å². The van der Waals surface area contributed by atoms with Crippen molar-refractivity contribution < 1.29 is 10.2 Å². The number of hydrogen-bond acceptors (Lipinski definition) is 4. The van der Waals surface area contributed by atoms with Crippen LogP contribution in [0.4, 0.5) is 0 Å². The summed E-state index contributed by atoms with van der Waals surface area (Å²) in [5.74, 6) is 0. The minimum Gasteiger partial charge on any atom is -0.383 e. The van der Waals surface area contributed by atoms with E-state index < -0.39 is 10.9 Å². The summed E-state index contributed by atoms with van der Waals surface area (Å²) >= 11 is 7.18. The van der Waals surface area contributed by atoms with Crippen LogP contribution in [0.2, 0.25) is 0 Å². The second-order valence-corrected chi connectivity index (χ2v) is 2.86. The monoisotopic (exact) mass is 170 g/mol. The molecule has 0 aliphatic heterocycles. The van der Waals surface area contributed by atoms with Gasteiger partial charge >= 0.3 is 0 Å². The average molecular weight is 170 g/mol. The molecule has 0 aliphatic rings. The Balaban J connectivity index is 0. The van der Waals surface area contributed by atoms with Gasteiger partial charge in [-0.05, 0) is 13.3 Å². The predicted octanol–water partition coefficient (Wildman–Crippen LogP) is 0.899. The van der Waals surface area contributed by atoms with Gasteiger partial charge in [0.15, 0.2) is 0 Å². The van der Waals surface area contributed by atoms with Gasteiger partial charge in [-0.15, -0.1) is 25.3 Å². The van der Waals surface area contributed by atoms with E-state index in [2.05, 4.69) is 25.3 Å². The first-order valence-electron chi connectivity index (χ1n) is 2.73. The third-order valence-electron chi connectivity index (χ3n) is 0.365. The molecule has 0 rings (SSSR count). The highest BCUT2D eigenvalue weighted by molar-refractivity contribution is 7.80. The Labute approximate surface area is 67.1 Å². The molecule has 2 unspecified atom stereocenters. The fraction of sp³-hybridized carbons (Fsp3) is 1.00. The first-order valence-corrected chi connectivity index (χ1v) is 3.76. The van der Waals surface area contributed by atoms with Crippen molar-refractivity contribution in [1.82, 2.24) is 0 Å². The second-order valence-electron chi connectivity index (χ2n) is 1.52. The van der Waals surface area contributed by atoms with Crippen molar-refractivity contribution in [3.8, 4) is 0 Å². The normalized spacial score (nSPS) is 15.3. The highest BCUT2D eigenvalue weighted by atomic mass is 32.1. The molecule has 2 nitrogen and oxygen atoms in total. The topological polar surface area (TPSA) is 40.5 Å². The molecule has 0 bridgehead atoms. The van der Waals surface area contributed by atoms with Crippen molar-refractivity contribution in [2.45, 2.75) is 31.1 Å². The second kappa shape index (κ2) is 8.62. The summed E-state index contributed by atoms with van der Waals surface area (Å²) in [7, 11) is 0. The zero-order chi connectivity index (χ0) is 7.86. The first kappa shape index (κ1) is 12.3. The lowest BCUT2D eigenvalue weighted by Crippen LogP contribution is -1.88. The van der Waals surface area contributed by atoms with Crippen LogP contribution >= 0.6 is 25.3 Å². The molecule has 2 atom stereocenters.